The fraction of sp³-hybridized carbons (Fsp3) is 0.125. The molecule has 3 nitrogen and oxygen atoms in total. The Hall–Kier alpha value is -1.38. The molecule has 3 heteroatoms. The molecule has 0 fully saturated rings. The second-order valence-corrected chi connectivity index (χ2v) is 2.05. The number of rotatable bonds is 2. The summed E-state index contributed by atoms with van der Waals surface area (Å²) in [5.41, 5.74) is 0.834. The van der Waals surface area contributed by atoms with Crippen LogP contribution >= 0.6 is 0 Å². The molecule has 1 heterocycles. The van der Waals surface area contributed by atoms with Crippen molar-refractivity contribution in [1.29, 1.82) is 0 Å². The lowest BCUT2D eigenvalue weighted by molar-refractivity contribution is -0.137. The minimum atomic E-state index is -0.349. The Kier molecular flexibility index (Phi) is 2.60. The lowest BCUT2D eigenvalue weighted by Gasteiger charge is -1.96. The summed E-state index contributed by atoms with van der Waals surface area (Å²) in [6.07, 6.45) is 3.51. The van der Waals surface area contributed by atoms with Crippen LogP contribution in [0.2, 0.25) is 0 Å². The summed E-state index contributed by atoms with van der Waals surface area (Å²) in [6.45, 7) is 0. The molecule has 0 saturated carbocycles. The zero-order valence-electron chi connectivity index (χ0n) is 5.99. The molecule has 1 aromatic heterocycles. The van der Waals surface area contributed by atoms with Crippen LogP contribution in [0, 0.1) is 7.11 Å². The van der Waals surface area contributed by atoms with E-state index in [0.717, 1.165) is 5.56 Å². The van der Waals surface area contributed by atoms with Crippen LogP contribution < -0.4 is 0 Å². The van der Waals surface area contributed by atoms with Crippen molar-refractivity contribution < 1.29 is 9.53 Å². The van der Waals surface area contributed by atoms with E-state index >= 15 is 0 Å². The van der Waals surface area contributed by atoms with Crippen LogP contribution in [0.5, 0.6) is 0 Å². The molecular formula is C8H8NO2. The number of aromatic nitrogens is 1. The van der Waals surface area contributed by atoms with Crippen molar-refractivity contribution in [2.24, 2.45) is 0 Å². The van der Waals surface area contributed by atoms with Gasteiger partial charge in [0, 0.05) is 12.4 Å². The monoisotopic (exact) mass is 150 g/mol. The van der Waals surface area contributed by atoms with Crippen molar-refractivity contribution in [2.75, 3.05) is 0 Å². The Bertz CT molecular complexity index is 233. The normalized spacial score (nSPS) is 9.18. The van der Waals surface area contributed by atoms with Crippen molar-refractivity contribution in [3.8, 4) is 0 Å². The number of pyridine rings is 1. The van der Waals surface area contributed by atoms with Crippen LogP contribution in [0.15, 0.2) is 24.5 Å². The maximum atomic E-state index is 10.7. The quantitative estimate of drug-likeness (QED) is 0.589. The van der Waals surface area contributed by atoms with Crippen molar-refractivity contribution in [2.45, 2.75) is 6.42 Å². The second kappa shape index (κ2) is 3.71. The number of esters is 1. The molecule has 11 heavy (non-hydrogen) atoms. The smallest absolute Gasteiger partial charge is 0.310 e. The fourth-order valence-corrected chi connectivity index (χ4v) is 0.720. The summed E-state index contributed by atoms with van der Waals surface area (Å²) in [4.78, 5) is 14.5. The first-order chi connectivity index (χ1) is 5.33. The molecule has 1 rings (SSSR count). The topological polar surface area (TPSA) is 39.2 Å². The van der Waals surface area contributed by atoms with Gasteiger partial charge in [0.2, 0.25) is 0 Å². The zero-order valence-corrected chi connectivity index (χ0v) is 5.99. The summed E-state index contributed by atoms with van der Waals surface area (Å²) < 4.78 is 4.24. The molecule has 0 spiro atoms. The third-order valence-corrected chi connectivity index (χ3v) is 1.23. The maximum absolute atomic E-state index is 10.7. The molecule has 1 radical (unpaired) electrons. The average Bonchev–Trinajstić information content (AvgIpc) is 2.06. The molecule has 0 atom stereocenters. The Labute approximate surface area is 65.0 Å². The average molecular weight is 150 g/mol. The van der Waals surface area contributed by atoms with Crippen LogP contribution in [0.3, 0.4) is 0 Å². The van der Waals surface area contributed by atoms with Gasteiger partial charge in [-0.05, 0) is 11.6 Å². The molecule has 0 aliphatic heterocycles. The first-order valence-corrected chi connectivity index (χ1v) is 3.16. The fourth-order valence-electron chi connectivity index (χ4n) is 0.720. The minimum Gasteiger partial charge on any atom is -0.462 e. The van der Waals surface area contributed by atoms with Gasteiger partial charge >= 0.3 is 5.97 Å². The summed E-state index contributed by atoms with van der Waals surface area (Å²) in [7, 11) is 3.01. The molecule has 0 saturated heterocycles. The number of carbonyl (C=O) groups excluding carboxylic acids is 1. The highest BCUT2D eigenvalue weighted by Gasteiger charge is 2.00. The molecule has 0 unspecified atom stereocenters. The molecule has 0 bridgehead atoms. The molecule has 0 amide bonds. The van der Waals surface area contributed by atoms with Crippen LogP contribution in [-0.2, 0) is 16.0 Å². The molecule has 57 valence electrons. The van der Waals surface area contributed by atoms with Gasteiger partial charge in [0.1, 0.15) is 7.11 Å². The molecular weight excluding hydrogens is 142 g/mol. The Morgan fingerprint density at radius 2 is 2.55 bits per heavy atom. The van der Waals surface area contributed by atoms with Gasteiger partial charge in [-0.25, -0.2) is 0 Å². The van der Waals surface area contributed by atoms with Gasteiger partial charge in [-0.1, -0.05) is 6.07 Å². The Morgan fingerprint density at radius 1 is 1.73 bits per heavy atom. The number of hydrogen-bond acceptors (Lipinski definition) is 3. The predicted octanol–water partition coefficient (Wildman–Crippen LogP) is 0.959. The molecule has 0 aromatic carbocycles. The summed E-state index contributed by atoms with van der Waals surface area (Å²) in [5.74, 6) is -0.349. The number of carbonyl (C=O) groups is 1. The summed E-state index contributed by atoms with van der Waals surface area (Å²) in [5, 5.41) is 0. The SMILES string of the molecule is [CH2]OC(=O)Cc1cccnc1. The minimum absolute atomic E-state index is 0.233. The largest absolute Gasteiger partial charge is 0.462 e. The number of nitrogens with zero attached hydrogens (tertiary/aromatic N) is 1. The van der Waals surface area contributed by atoms with Gasteiger partial charge in [-0.2, -0.15) is 0 Å². The highest BCUT2D eigenvalue weighted by Crippen LogP contribution is 1.97. The van der Waals surface area contributed by atoms with Gasteiger partial charge in [0.15, 0.2) is 0 Å². The zero-order chi connectivity index (χ0) is 8.10. The summed E-state index contributed by atoms with van der Waals surface area (Å²) >= 11 is 0. The highest BCUT2D eigenvalue weighted by atomic mass is 16.5. The van der Waals surface area contributed by atoms with E-state index in [-0.39, 0.29) is 12.4 Å². The molecule has 0 aliphatic rings. The van der Waals surface area contributed by atoms with Gasteiger partial charge in [-0.15, -0.1) is 0 Å². The first kappa shape index (κ1) is 7.72. The standard InChI is InChI=1S/C8H8NO2/c1-11-8(10)5-7-3-2-4-9-6-7/h2-4,6H,1,5H2. The van der Waals surface area contributed by atoms with Gasteiger partial charge in [0.05, 0.1) is 6.42 Å². The first-order valence-electron chi connectivity index (χ1n) is 3.16. The third kappa shape index (κ3) is 2.37. The lowest BCUT2D eigenvalue weighted by atomic mass is 10.2. The van der Waals surface area contributed by atoms with Crippen LogP contribution in [0.4, 0.5) is 0 Å². The second-order valence-electron chi connectivity index (χ2n) is 2.05. The molecule has 0 aliphatic carbocycles. The molecule has 1 aromatic rings. The van der Waals surface area contributed by atoms with Gasteiger partial charge in [0.25, 0.3) is 0 Å². The molecule has 0 N–H and O–H groups in total. The Morgan fingerprint density at radius 3 is 3.09 bits per heavy atom. The van der Waals surface area contributed by atoms with Crippen molar-refractivity contribution in [3.63, 3.8) is 0 Å². The van der Waals surface area contributed by atoms with Gasteiger partial charge < -0.3 is 4.74 Å². The van der Waals surface area contributed by atoms with E-state index in [9.17, 15) is 4.79 Å². The van der Waals surface area contributed by atoms with Crippen molar-refractivity contribution in [3.05, 3.63) is 37.2 Å². The van der Waals surface area contributed by atoms with Gasteiger partial charge in [-0.3, -0.25) is 9.78 Å². The lowest BCUT2D eigenvalue weighted by Crippen LogP contribution is -2.02. The van der Waals surface area contributed by atoms with Crippen molar-refractivity contribution >= 4 is 5.97 Å². The van der Waals surface area contributed by atoms with Crippen LogP contribution in [0.25, 0.3) is 0 Å². The van der Waals surface area contributed by atoms with E-state index in [1.807, 2.05) is 6.07 Å². The van der Waals surface area contributed by atoms with E-state index in [0.29, 0.717) is 0 Å². The van der Waals surface area contributed by atoms with E-state index in [1.54, 1.807) is 18.5 Å². The van der Waals surface area contributed by atoms with Crippen LogP contribution in [0.1, 0.15) is 5.56 Å². The number of hydrogen-bond donors (Lipinski definition) is 0. The Balaban J connectivity index is 2.58. The van der Waals surface area contributed by atoms with E-state index in [2.05, 4.69) is 16.8 Å². The van der Waals surface area contributed by atoms with E-state index < -0.39 is 0 Å². The highest BCUT2D eigenvalue weighted by molar-refractivity contribution is 5.72. The maximum Gasteiger partial charge on any atom is 0.310 e. The predicted molar refractivity (Wildman–Crippen MR) is 39.4 cm³/mol. The summed E-state index contributed by atoms with van der Waals surface area (Å²) in [6, 6.07) is 3.58. The van der Waals surface area contributed by atoms with E-state index in [4.69, 9.17) is 0 Å². The van der Waals surface area contributed by atoms with E-state index in [1.165, 1.54) is 0 Å². The third-order valence-electron chi connectivity index (χ3n) is 1.23. The van der Waals surface area contributed by atoms with Crippen LogP contribution in [-0.4, -0.2) is 11.0 Å². The van der Waals surface area contributed by atoms with Crippen molar-refractivity contribution in [1.82, 2.24) is 4.98 Å². The number of ether oxygens (including phenoxy) is 1.